The van der Waals surface area contributed by atoms with Crippen LogP contribution in [0, 0.1) is 24.4 Å². The second-order valence-electron chi connectivity index (χ2n) is 13.2. The van der Waals surface area contributed by atoms with Gasteiger partial charge in [-0.05, 0) is 55.7 Å². The lowest BCUT2D eigenvalue weighted by atomic mass is 9.87. The maximum absolute atomic E-state index is 17.4. The largest absolute Gasteiger partial charge is 0.507 e. The summed E-state index contributed by atoms with van der Waals surface area (Å²) >= 11 is 0. The number of aliphatic hydroxyl groups excluding tert-OH is 1. The van der Waals surface area contributed by atoms with Crippen LogP contribution in [0.3, 0.4) is 0 Å². The van der Waals surface area contributed by atoms with Gasteiger partial charge < -0.3 is 34.5 Å². The van der Waals surface area contributed by atoms with Crippen LogP contribution < -0.4 is 4.90 Å². The number of fused-ring (bicyclic) bond motifs is 4. The first kappa shape index (κ1) is 32.7. The van der Waals surface area contributed by atoms with Crippen molar-refractivity contribution in [3.05, 3.63) is 89.2 Å². The predicted molar refractivity (Wildman–Crippen MR) is 175 cm³/mol. The van der Waals surface area contributed by atoms with E-state index in [1.807, 2.05) is 13.8 Å². The van der Waals surface area contributed by atoms with Crippen molar-refractivity contribution < 1.29 is 37.7 Å². The van der Waals surface area contributed by atoms with Crippen LogP contribution in [0.2, 0.25) is 0 Å². The third-order valence-electron chi connectivity index (χ3n) is 9.86. The zero-order valence-corrected chi connectivity index (χ0v) is 27.5. The average Bonchev–Trinajstić information content (AvgIpc) is 3.03. The summed E-state index contributed by atoms with van der Waals surface area (Å²) in [6.07, 6.45) is 1.06. The summed E-state index contributed by atoms with van der Waals surface area (Å²) in [6, 6.07) is 4.19. The number of hydrogen-bond donors (Lipinski definition) is 2. The summed E-state index contributed by atoms with van der Waals surface area (Å²) in [4.78, 5) is 37.8. The number of carbonyl (C=O) groups excluding carboxylic acids is 2. The van der Waals surface area contributed by atoms with E-state index in [0.29, 0.717) is 16.9 Å². The minimum atomic E-state index is -1.71. The van der Waals surface area contributed by atoms with Gasteiger partial charge in [0.1, 0.15) is 23.4 Å². The fourth-order valence-corrected chi connectivity index (χ4v) is 7.49. The Balaban J connectivity index is 1.57. The second-order valence-corrected chi connectivity index (χ2v) is 13.2. The monoisotopic (exact) mass is 675 g/mol. The third-order valence-corrected chi connectivity index (χ3v) is 9.86. The van der Waals surface area contributed by atoms with E-state index in [-0.39, 0.29) is 60.8 Å². The Labute approximate surface area is 281 Å². The number of ether oxygens (including phenoxy) is 1. The van der Waals surface area contributed by atoms with Gasteiger partial charge in [-0.3, -0.25) is 14.6 Å². The molecule has 2 aromatic carbocycles. The molecule has 7 rings (SSSR count). The molecule has 2 saturated heterocycles. The molecule has 0 radical (unpaired) electrons. The lowest BCUT2D eigenvalue weighted by molar-refractivity contribution is -0.153. The van der Waals surface area contributed by atoms with Crippen LogP contribution in [-0.2, 0) is 14.3 Å². The molecule has 2 amide bonds. The first-order chi connectivity index (χ1) is 23.4. The van der Waals surface area contributed by atoms with E-state index in [9.17, 15) is 19.8 Å². The van der Waals surface area contributed by atoms with Gasteiger partial charge in [0.25, 0.3) is 5.91 Å². The smallest absolute Gasteiger partial charge is 0.251 e. The van der Waals surface area contributed by atoms with Crippen LogP contribution in [-0.4, -0.2) is 92.4 Å². The molecule has 0 bridgehead atoms. The van der Waals surface area contributed by atoms with Gasteiger partial charge in [0, 0.05) is 24.3 Å². The van der Waals surface area contributed by atoms with Gasteiger partial charge >= 0.3 is 0 Å². The first-order valence-corrected chi connectivity index (χ1v) is 16.1. The number of carbonyl (C=O) groups is 2. The quantitative estimate of drug-likeness (QED) is 0.373. The molecule has 2 N–H and O–H groups in total. The summed E-state index contributed by atoms with van der Waals surface area (Å²) < 4.78 is 54.6. The van der Waals surface area contributed by atoms with Crippen LogP contribution >= 0.6 is 0 Å². The van der Waals surface area contributed by atoms with Crippen LogP contribution in [0.4, 0.5) is 24.5 Å². The van der Waals surface area contributed by atoms with Crippen molar-refractivity contribution in [1.29, 1.82) is 0 Å². The molecule has 256 valence electrons. The number of aryl methyl sites for hydroxylation is 1. The Morgan fingerprint density at radius 3 is 2.45 bits per heavy atom. The topological polar surface area (TPSA) is 110 Å². The van der Waals surface area contributed by atoms with Crippen molar-refractivity contribution >= 4 is 28.9 Å². The van der Waals surface area contributed by atoms with Gasteiger partial charge in [0.15, 0.2) is 12.0 Å². The number of halogens is 3. The lowest BCUT2D eigenvalue weighted by Gasteiger charge is -2.56. The molecule has 4 aliphatic heterocycles. The standard InChI is InChI=1S/C36H36F3N5O5/c1-6-26(46)41-14-24-35(47)43(20-15-49-16-20)34-33(42(24)13-19(41)5)21-12-23(38)28(27-22(37)8-7-9-25(27)45)29(39)32(21)44(36(34)48)31-18(4)10-11-40-30(31)17(2)3/h6-12,17,19-20,24,36,45,48H,1,13-16H2,2-5H3. The minimum Gasteiger partial charge on any atom is -0.507 e. The highest BCUT2D eigenvalue weighted by Gasteiger charge is 2.54. The van der Waals surface area contributed by atoms with Gasteiger partial charge in [-0.15, -0.1) is 0 Å². The SMILES string of the molecule is C=CC(=O)N1CC2C(=O)N(C3COC3)C3=C(c4cc(F)c(-c5c(O)cccc5F)c(F)c4N(c4c(C)ccnc4C(C)C)C3O)N2CC1C. The average molecular weight is 676 g/mol. The number of piperazine rings is 1. The molecule has 0 aliphatic carbocycles. The number of benzene rings is 2. The number of anilines is 2. The number of rotatable bonds is 5. The number of phenols is 1. The number of phenolic OH excluding ortho intramolecular Hbond substituents is 1. The molecule has 3 atom stereocenters. The summed E-state index contributed by atoms with van der Waals surface area (Å²) in [5.74, 6) is -5.08. The van der Waals surface area contributed by atoms with E-state index in [1.165, 1.54) is 26.8 Å². The Morgan fingerprint density at radius 2 is 1.82 bits per heavy atom. The molecule has 5 heterocycles. The van der Waals surface area contributed by atoms with E-state index in [4.69, 9.17) is 4.74 Å². The summed E-state index contributed by atoms with van der Waals surface area (Å²) in [5, 5.41) is 23.2. The predicted octanol–water partition coefficient (Wildman–Crippen LogP) is 4.77. The summed E-state index contributed by atoms with van der Waals surface area (Å²) in [6.45, 7) is 11.3. The van der Waals surface area contributed by atoms with Crippen LogP contribution in [0.5, 0.6) is 5.75 Å². The van der Waals surface area contributed by atoms with Crippen molar-refractivity contribution in [3.8, 4) is 16.9 Å². The number of pyridine rings is 1. The van der Waals surface area contributed by atoms with Crippen molar-refractivity contribution in [3.63, 3.8) is 0 Å². The van der Waals surface area contributed by atoms with E-state index >= 15 is 13.2 Å². The minimum absolute atomic E-state index is 0.00581. The van der Waals surface area contributed by atoms with E-state index < -0.39 is 64.6 Å². The van der Waals surface area contributed by atoms with Crippen LogP contribution in [0.15, 0.2) is 54.9 Å². The van der Waals surface area contributed by atoms with Gasteiger partial charge in [-0.1, -0.05) is 26.5 Å². The van der Waals surface area contributed by atoms with Gasteiger partial charge in [0.2, 0.25) is 5.91 Å². The van der Waals surface area contributed by atoms with Crippen LogP contribution in [0.25, 0.3) is 16.8 Å². The maximum Gasteiger partial charge on any atom is 0.251 e. The molecule has 49 heavy (non-hydrogen) atoms. The lowest BCUT2D eigenvalue weighted by Crippen LogP contribution is -2.69. The summed E-state index contributed by atoms with van der Waals surface area (Å²) in [7, 11) is 0. The molecule has 10 nitrogen and oxygen atoms in total. The van der Waals surface area contributed by atoms with E-state index in [2.05, 4.69) is 11.6 Å². The molecule has 2 fully saturated rings. The molecule has 13 heteroatoms. The number of nitrogens with zero attached hydrogens (tertiary/aromatic N) is 5. The number of hydrogen-bond acceptors (Lipinski definition) is 8. The van der Waals surface area contributed by atoms with Gasteiger partial charge in [0.05, 0.1) is 65.4 Å². The van der Waals surface area contributed by atoms with E-state index in [1.54, 1.807) is 31.0 Å². The fourth-order valence-electron chi connectivity index (χ4n) is 7.49. The fraction of sp³-hybridized carbons (Fsp3) is 0.361. The van der Waals surface area contributed by atoms with Gasteiger partial charge in [-0.2, -0.15) is 0 Å². The third kappa shape index (κ3) is 4.81. The summed E-state index contributed by atoms with van der Waals surface area (Å²) in [5.41, 5.74) is -0.000910. The molecular formula is C36H36F3N5O5. The highest BCUT2D eigenvalue weighted by atomic mass is 19.1. The molecule has 4 aliphatic rings. The molecule has 0 spiro atoms. The molecular weight excluding hydrogens is 639 g/mol. The zero-order valence-electron chi connectivity index (χ0n) is 27.5. The van der Waals surface area contributed by atoms with Crippen molar-refractivity contribution in [2.24, 2.45) is 0 Å². The molecule has 3 unspecified atom stereocenters. The molecule has 0 saturated carbocycles. The van der Waals surface area contributed by atoms with Crippen molar-refractivity contribution in [2.45, 2.75) is 58.0 Å². The number of amides is 2. The Kier molecular flexibility index (Phi) is 7.94. The van der Waals surface area contributed by atoms with Crippen molar-refractivity contribution in [2.75, 3.05) is 31.2 Å². The highest BCUT2D eigenvalue weighted by Crippen LogP contribution is 2.53. The maximum atomic E-state index is 17.4. The van der Waals surface area contributed by atoms with E-state index in [0.717, 1.165) is 18.2 Å². The van der Waals surface area contributed by atoms with Gasteiger partial charge in [-0.25, -0.2) is 13.2 Å². The number of aromatic hydroxyl groups is 1. The highest BCUT2D eigenvalue weighted by molar-refractivity contribution is 5.98. The Morgan fingerprint density at radius 1 is 1.08 bits per heavy atom. The number of aromatic nitrogens is 1. The molecule has 1 aromatic heterocycles. The Hall–Kier alpha value is -4.88. The number of aliphatic hydroxyl groups is 1. The zero-order chi connectivity index (χ0) is 35.0. The first-order valence-electron chi connectivity index (χ1n) is 16.1. The van der Waals surface area contributed by atoms with Crippen molar-refractivity contribution in [1.82, 2.24) is 19.7 Å². The molecule has 3 aromatic rings. The second kappa shape index (κ2) is 11.9. The Bertz CT molecular complexity index is 1930. The van der Waals surface area contributed by atoms with Crippen LogP contribution in [0.1, 0.15) is 43.5 Å². The normalized spacial score (nSPS) is 22.2.